The van der Waals surface area contributed by atoms with Crippen molar-refractivity contribution in [3.05, 3.63) is 58.6 Å². The summed E-state index contributed by atoms with van der Waals surface area (Å²) in [6, 6.07) is 13.8. The lowest BCUT2D eigenvalue weighted by Gasteiger charge is -2.21. The van der Waals surface area contributed by atoms with Crippen molar-refractivity contribution >= 4 is 39.1 Å². The summed E-state index contributed by atoms with van der Waals surface area (Å²) in [5, 5.41) is 3.83. The van der Waals surface area contributed by atoms with Gasteiger partial charge in [0.15, 0.2) is 0 Å². The molecule has 1 N–H and O–H groups in total. The minimum Gasteiger partial charge on any atom is -0.338 e. The third-order valence-electron chi connectivity index (χ3n) is 4.83. The quantitative estimate of drug-likeness (QED) is 0.648. The predicted molar refractivity (Wildman–Crippen MR) is 118 cm³/mol. The Morgan fingerprint density at radius 1 is 1.03 bits per heavy atom. The molecule has 152 valence electrons. The topological polar surface area (TPSA) is 65.5 Å². The van der Waals surface area contributed by atoms with Crippen LogP contribution >= 0.6 is 11.3 Å². The fraction of sp³-hybridized carbons (Fsp3) is 0.318. The molecule has 0 fully saturated rings. The van der Waals surface area contributed by atoms with Crippen LogP contribution in [0.25, 0.3) is 10.2 Å². The number of nitrogens with zero attached hydrogens (tertiary/aromatic N) is 3. The number of aryl methyl sites for hydroxylation is 1. The summed E-state index contributed by atoms with van der Waals surface area (Å²) in [7, 11) is 3.53. The number of anilines is 1. The summed E-state index contributed by atoms with van der Waals surface area (Å²) in [5.41, 5.74) is 3.94. The van der Waals surface area contributed by atoms with Crippen LogP contribution in [0.3, 0.4) is 0 Å². The number of fused-ring (bicyclic) bond motifs is 1. The SMILES string of the molecule is Cc1cccc(NC(=O)CN(C)CC(=O)N(C)Cc2nc3ccccc3s2)c1C. The summed E-state index contributed by atoms with van der Waals surface area (Å²) in [6.45, 7) is 4.77. The van der Waals surface area contributed by atoms with E-state index in [0.717, 1.165) is 32.0 Å². The third-order valence-corrected chi connectivity index (χ3v) is 5.85. The molecule has 0 aliphatic carbocycles. The lowest BCUT2D eigenvalue weighted by atomic mass is 10.1. The molecule has 7 heteroatoms. The Kier molecular flexibility index (Phi) is 6.61. The highest BCUT2D eigenvalue weighted by molar-refractivity contribution is 7.18. The first-order valence-corrected chi connectivity index (χ1v) is 10.3. The van der Waals surface area contributed by atoms with Gasteiger partial charge in [0.25, 0.3) is 0 Å². The van der Waals surface area contributed by atoms with Gasteiger partial charge in [-0.05, 0) is 50.2 Å². The van der Waals surface area contributed by atoms with E-state index in [1.54, 1.807) is 35.2 Å². The van der Waals surface area contributed by atoms with Gasteiger partial charge in [0.2, 0.25) is 11.8 Å². The van der Waals surface area contributed by atoms with Gasteiger partial charge in [-0.1, -0.05) is 24.3 Å². The second-order valence-electron chi connectivity index (χ2n) is 7.29. The van der Waals surface area contributed by atoms with Gasteiger partial charge in [-0.15, -0.1) is 11.3 Å². The molecule has 6 nitrogen and oxygen atoms in total. The smallest absolute Gasteiger partial charge is 0.238 e. The Morgan fingerprint density at radius 3 is 2.55 bits per heavy atom. The molecule has 0 saturated heterocycles. The van der Waals surface area contributed by atoms with Crippen LogP contribution in [0.15, 0.2) is 42.5 Å². The summed E-state index contributed by atoms with van der Waals surface area (Å²) < 4.78 is 1.11. The van der Waals surface area contributed by atoms with E-state index >= 15 is 0 Å². The Balaban J connectivity index is 1.51. The van der Waals surface area contributed by atoms with Gasteiger partial charge in [-0.2, -0.15) is 0 Å². The Morgan fingerprint density at radius 2 is 1.79 bits per heavy atom. The lowest BCUT2D eigenvalue weighted by molar-refractivity contribution is -0.131. The molecular weight excluding hydrogens is 384 g/mol. The van der Waals surface area contributed by atoms with Gasteiger partial charge < -0.3 is 10.2 Å². The van der Waals surface area contributed by atoms with Crippen molar-refractivity contribution in [3.63, 3.8) is 0 Å². The molecule has 0 spiro atoms. The Hall–Kier alpha value is -2.77. The number of nitrogens with one attached hydrogen (secondary N) is 1. The summed E-state index contributed by atoms with van der Waals surface area (Å²) in [6.07, 6.45) is 0. The van der Waals surface area contributed by atoms with E-state index in [0.29, 0.717) is 6.54 Å². The lowest BCUT2D eigenvalue weighted by Crippen LogP contribution is -2.39. The molecule has 0 aliphatic heterocycles. The zero-order valence-corrected chi connectivity index (χ0v) is 18.0. The third kappa shape index (κ3) is 5.40. The average Bonchev–Trinajstić information content (AvgIpc) is 3.07. The predicted octanol–water partition coefficient (Wildman–Crippen LogP) is 3.44. The van der Waals surface area contributed by atoms with E-state index in [9.17, 15) is 9.59 Å². The molecule has 0 bridgehead atoms. The summed E-state index contributed by atoms with van der Waals surface area (Å²) in [5.74, 6) is -0.186. The van der Waals surface area contributed by atoms with Crippen molar-refractivity contribution < 1.29 is 9.59 Å². The minimum atomic E-state index is -0.136. The van der Waals surface area contributed by atoms with Crippen LogP contribution < -0.4 is 5.32 Å². The number of hydrogen-bond acceptors (Lipinski definition) is 5. The maximum Gasteiger partial charge on any atom is 0.238 e. The zero-order chi connectivity index (χ0) is 21.0. The Bertz CT molecular complexity index is 998. The van der Waals surface area contributed by atoms with Crippen molar-refractivity contribution in [3.8, 4) is 0 Å². The van der Waals surface area contributed by atoms with Gasteiger partial charge in [0.05, 0.1) is 29.9 Å². The average molecular weight is 411 g/mol. The summed E-state index contributed by atoms with van der Waals surface area (Å²) >= 11 is 1.59. The van der Waals surface area contributed by atoms with Crippen LogP contribution in [0.5, 0.6) is 0 Å². The number of hydrogen-bond donors (Lipinski definition) is 1. The highest BCUT2D eigenvalue weighted by Gasteiger charge is 2.16. The highest BCUT2D eigenvalue weighted by Crippen LogP contribution is 2.22. The van der Waals surface area contributed by atoms with Gasteiger partial charge >= 0.3 is 0 Å². The molecule has 0 atom stereocenters. The number of benzene rings is 2. The van der Waals surface area contributed by atoms with E-state index in [4.69, 9.17) is 0 Å². The number of aromatic nitrogens is 1. The van der Waals surface area contributed by atoms with Crippen molar-refractivity contribution in [1.82, 2.24) is 14.8 Å². The van der Waals surface area contributed by atoms with Crippen molar-refractivity contribution in [2.45, 2.75) is 20.4 Å². The normalized spacial score (nSPS) is 11.1. The molecule has 0 aliphatic rings. The molecule has 29 heavy (non-hydrogen) atoms. The highest BCUT2D eigenvalue weighted by atomic mass is 32.1. The van der Waals surface area contributed by atoms with E-state index in [-0.39, 0.29) is 24.9 Å². The van der Waals surface area contributed by atoms with E-state index < -0.39 is 0 Å². The fourth-order valence-electron chi connectivity index (χ4n) is 3.01. The van der Waals surface area contributed by atoms with Gasteiger partial charge in [-0.3, -0.25) is 14.5 Å². The maximum atomic E-state index is 12.5. The monoisotopic (exact) mass is 410 g/mol. The number of para-hydroxylation sites is 1. The number of likely N-dealkylation sites (N-methyl/N-ethyl adjacent to an activating group) is 2. The van der Waals surface area contributed by atoms with Crippen molar-refractivity contribution in [2.75, 3.05) is 32.5 Å². The molecule has 0 unspecified atom stereocenters. The minimum absolute atomic E-state index is 0.0497. The Labute approximate surface area is 175 Å². The molecule has 2 amide bonds. The molecule has 0 saturated carbocycles. The first-order valence-electron chi connectivity index (χ1n) is 9.46. The molecule has 1 heterocycles. The second kappa shape index (κ2) is 9.15. The van der Waals surface area contributed by atoms with Crippen molar-refractivity contribution in [1.29, 1.82) is 0 Å². The molecule has 3 aromatic rings. The largest absolute Gasteiger partial charge is 0.338 e. The fourth-order valence-corrected chi connectivity index (χ4v) is 4.03. The standard InChI is InChI=1S/C22H26N4O2S/c1-15-8-7-10-17(16(15)2)23-20(27)12-25(3)14-22(28)26(4)13-21-24-18-9-5-6-11-19(18)29-21/h5-11H,12-14H2,1-4H3,(H,23,27). The van der Waals surface area contributed by atoms with Crippen LogP contribution in [0.1, 0.15) is 16.1 Å². The second-order valence-corrected chi connectivity index (χ2v) is 8.41. The van der Waals surface area contributed by atoms with Crippen LogP contribution in [-0.4, -0.2) is 53.8 Å². The molecule has 1 aromatic heterocycles. The number of carbonyl (C=O) groups excluding carboxylic acids is 2. The summed E-state index contributed by atoms with van der Waals surface area (Å²) in [4.78, 5) is 32.8. The first-order chi connectivity index (χ1) is 13.8. The molecule has 3 rings (SSSR count). The molecule has 2 aromatic carbocycles. The van der Waals surface area contributed by atoms with E-state index in [1.165, 1.54) is 0 Å². The first kappa shape index (κ1) is 21.0. The number of amides is 2. The van der Waals surface area contributed by atoms with Crippen LogP contribution in [0.4, 0.5) is 5.69 Å². The van der Waals surface area contributed by atoms with E-state index in [2.05, 4.69) is 10.3 Å². The number of carbonyl (C=O) groups is 2. The maximum absolute atomic E-state index is 12.5. The number of thiazole rings is 1. The van der Waals surface area contributed by atoms with Crippen molar-refractivity contribution in [2.24, 2.45) is 0 Å². The van der Waals surface area contributed by atoms with Gasteiger partial charge in [0.1, 0.15) is 5.01 Å². The van der Waals surface area contributed by atoms with Crippen LogP contribution in [0, 0.1) is 13.8 Å². The molecule has 0 radical (unpaired) electrons. The number of rotatable bonds is 7. The van der Waals surface area contributed by atoms with Gasteiger partial charge in [0, 0.05) is 12.7 Å². The van der Waals surface area contributed by atoms with Crippen LogP contribution in [-0.2, 0) is 16.1 Å². The van der Waals surface area contributed by atoms with Gasteiger partial charge in [-0.25, -0.2) is 4.98 Å². The molecular formula is C22H26N4O2S. The van der Waals surface area contributed by atoms with Crippen LogP contribution in [0.2, 0.25) is 0 Å². The zero-order valence-electron chi connectivity index (χ0n) is 17.2. The van der Waals surface area contributed by atoms with E-state index in [1.807, 2.05) is 56.3 Å².